The maximum atomic E-state index is 12.4. The van der Waals surface area contributed by atoms with Gasteiger partial charge >= 0.3 is 5.69 Å². The van der Waals surface area contributed by atoms with Crippen LogP contribution < -0.4 is 21.3 Å². The number of carbonyl (C=O) groups excluding carboxylic acids is 1. The number of para-hydroxylation sites is 1. The van der Waals surface area contributed by atoms with Gasteiger partial charge in [0.25, 0.3) is 11.5 Å². The second-order valence-electron chi connectivity index (χ2n) is 6.09. The maximum Gasteiger partial charge on any atom is 0.332 e. The van der Waals surface area contributed by atoms with Crippen LogP contribution in [0, 0.1) is 0 Å². The molecule has 8 heteroatoms. The zero-order valence-corrected chi connectivity index (χ0v) is 15.4. The van der Waals surface area contributed by atoms with Crippen LogP contribution in [0.5, 0.6) is 5.75 Å². The lowest BCUT2D eigenvalue weighted by Crippen LogP contribution is -2.37. The molecule has 2 aromatic heterocycles. The number of fused-ring (bicyclic) bond motifs is 1. The largest absolute Gasteiger partial charge is 0.496 e. The molecule has 1 N–H and O–H groups in total. The van der Waals surface area contributed by atoms with Crippen molar-refractivity contribution in [3.05, 3.63) is 68.5 Å². The standard InChI is InChI=1S/C19H20N4O4/c1-22-16-13(18(25)23(2)19(22)26)8-9-14(21-16)17(24)20-11-10-12-6-4-5-7-15(12)27-3/h4-9H,10-11H2,1-3H3,(H,20,24). The molecule has 0 bridgehead atoms. The van der Waals surface area contributed by atoms with Crippen LogP contribution in [0.1, 0.15) is 16.1 Å². The SMILES string of the molecule is COc1ccccc1CCNC(=O)c1ccc2c(=O)n(C)c(=O)n(C)c2n1. The van der Waals surface area contributed by atoms with Crippen molar-refractivity contribution < 1.29 is 9.53 Å². The molecule has 3 rings (SSSR count). The molecule has 0 radical (unpaired) electrons. The third-order valence-electron chi connectivity index (χ3n) is 4.41. The van der Waals surface area contributed by atoms with E-state index in [1.807, 2.05) is 24.3 Å². The minimum Gasteiger partial charge on any atom is -0.496 e. The van der Waals surface area contributed by atoms with Crippen molar-refractivity contribution >= 4 is 16.9 Å². The Morgan fingerprint density at radius 2 is 1.85 bits per heavy atom. The van der Waals surface area contributed by atoms with Gasteiger partial charge in [-0.1, -0.05) is 18.2 Å². The summed E-state index contributed by atoms with van der Waals surface area (Å²) < 4.78 is 7.56. The molecule has 0 aliphatic carbocycles. The summed E-state index contributed by atoms with van der Waals surface area (Å²) in [6.45, 7) is 0.397. The lowest BCUT2D eigenvalue weighted by Gasteiger charge is -2.10. The Hall–Kier alpha value is -3.42. The van der Waals surface area contributed by atoms with E-state index in [1.54, 1.807) is 7.11 Å². The fourth-order valence-electron chi connectivity index (χ4n) is 2.89. The first kappa shape index (κ1) is 18.4. The highest BCUT2D eigenvalue weighted by molar-refractivity contribution is 5.94. The molecule has 0 atom stereocenters. The number of hydrogen-bond donors (Lipinski definition) is 1. The number of carbonyl (C=O) groups is 1. The van der Waals surface area contributed by atoms with Crippen LogP contribution in [0.4, 0.5) is 0 Å². The number of hydrogen-bond acceptors (Lipinski definition) is 5. The highest BCUT2D eigenvalue weighted by Crippen LogP contribution is 2.17. The van der Waals surface area contributed by atoms with Gasteiger partial charge in [0.15, 0.2) is 0 Å². The van der Waals surface area contributed by atoms with E-state index in [4.69, 9.17) is 4.74 Å². The Kier molecular flexibility index (Phi) is 5.07. The van der Waals surface area contributed by atoms with E-state index in [0.717, 1.165) is 15.9 Å². The van der Waals surface area contributed by atoms with E-state index in [2.05, 4.69) is 10.3 Å². The third-order valence-corrected chi connectivity index (χ3v) is 4.41. The topological polar surface area (TPSA) is 95.2 Å². The van der Waals surface area contributed by atoms with Crippen LogP contribution in [0.3, 0.4) is 0 Å². The Balaban J connectivity index is 1.80. The Morgan fingerprint density at radius 3 is 2.59 bits per heavy atom. The van der Waals surface area contributed by atoms with E-state index in [-0.39, 0.29) is 22.6 Å². The summed E-state index contributed by atoms with van der Waals surface area (Å²) in [4.78, 5) is 40.8. The Bertz CT molecular complexity index is 1130. The van der Waals surface area contributed by atoms with Crippen LogP contribution in [0.2, 0.25) is 0 Å². The third kappa shape index (κ3) is 3.46. The number of rotatable bonds is 5. The average molecular weight is 368 g/mol. The van der Waals surface area contributed by atoms with Crippen LogP contribution in [-0.4, -0.2) is 33.7 Å². The Morgan fingerprint density at radius 1 is 1.11 bits per heavy atom. The van der Waals surface area contributed by atoms with Crippen molar-refractivity contribution in [2.75, 3.05) is 13.7 Å². The van der Waals surface area contributed by atoms with Gasteiger partial charge in [-0.15, -0.1) is 0 Å². The van der Waals surface area contributed by atoms with Gasteiger partial charge in [0.1, 0.15) is 17.1 Å². The van der Waals surface area contributed by atoms with Gasteiger partial charge in [-0.25, -0.2) is 9.78 Å². The Labute approximate surface area is 155 Å². The average Bonchev–Trinajstić information content (AvgIpc) is 2.70. The molecule has 140 valence electrons. The van der Waals surface area contributed by atoms with Gasteiger partial charge in [-0.05, 0) is 30.2 Å². The van der Waals surface area contributed by atoms with Crippen LogP contribution in [0.15, 0.2) is 46.0 Å². The van der Waals surface area contributed by atoms with Crippen molar-refractivity contribution in [2.24, 2.45) is 14.1 Å². The maximum absolute atomic E-state index is 12.4. The molecule has 0 aliphatic heterocycles. The molecule has 0 unspecified atom stereocenters. The summed E-state index contributed by atoms with van der Waals surface area (Å²) in [6, 6.07) is 10.6. The fraction of sp³-hybridized carbons (Fsp3) is 0.263. The van der Waals surface area contributed by atoms with Crippen molar-refractivity contribution in [1.82, 2.24) is 19.4 Å². The van der Waals surface area contributed by atoms with Gasteiger partial charge in [0.2, 0.25) is 0 Å². The molecule has 0 fully saturated rings. The van der Waals surface area contributed by atoms with Crippen molar-refractivity contribution in [1.29, 1.82) is 0 Å². The van der Waals surface area contributed by atoms with E-state index in [1.165, 1.54) is 30.8 Å². The van der Waals surface area contributed by atoms with Gasteiger partial charge in [0, 0.05) is 20.6 Å². The number of benzene rings is 1. The molecule has 0 aliphatic rings. The highest BCUT2D eigenvalue weighted by Gasteiger charge is 2.13. The molecule has 1 aromatic carbocycles. The summed E-state index contributed by atoms with van der Waals surface area (Å²) in [6.07, 6.45) is 0.600. The molecule has 0 saturated heterocycles. The fourth-order valence-corrected chi connectivity index (χ4v) is 2.89. The second kappa shape index (κ2) is 7.45. The molecule has 8 nitrogen and oxygen atoms in total. The molecule has 3 aromatic rings. The summed E-state index contributed by atoms with van der Waals surface area (Å²) >= 11 is 0. The molecule has 0 saturated carbocycles. The molecule has 0 spiro atoms. The first-order valence-electron chi connectivity index (χ1n) is 8.41. The van der Waals surface area contributed by atoms with Gasteiger partial charge < -0.3 is 10.1 Å². The zero-order chi connectivity index (χ0) is 19.6. The van der Waals surface area contributed by atoms with Gasteiger partial charge in [-0.3, -0.25) is 18.7 Å². The summed E-state index contributed by atoms with van der Waals surface area (Å²) in [5.41, 5.74) is 0.376. The lowest BCUT2D eigenvalue weighted by molar-refractivity contribution is 0.0949. The predicted octanol–water partition coefficient (Wildman–Crippen LogP) is 0.613. The number of nitrogens with zero attached hydrogens (tertiary/aromatic N) is 3. The smallest absolute Gasteiger partial charge is 0.332 e. The van der Waals surface area contributed by atoms with Crippen molar-refractivity contribution in [2.45, 2.75) is 6.42 Å². The monoisotopic (exact) mass is 368 g/mol. The predicted molar refractivity (Wildman–Crippen MR) is 101 cm³/mol. The molecule has 27 heavy (non-hydrogen) atoms. The molecular weight excluding hydrogens is 348 g/mol. The first-order chi connectivity index (χ1) is 12.9. The van der Waals surface area contributed by atoms with Crippen LogP contribution in [-0.2, 0) is 20.5 Å². The minimum absolute atomic E-state index is 0.144. The number of aryl methyl sites for hydroxylation is 1. The van der Waals surface area contributed by atoms with Gasteiger partial charge in [0.05, 0.1) is 12.5 Å². The van der Waals surface area contributed by atoms with Crippen molar-refractivity contribution in [3.8, 4) is 5.75 Å². The van der Waals surface area contributed by atoms with E-state index in [0.29, 0.717) is 13.0 Å². The number of methoxy groups -OCH3 is 1. The summed E-state index contributed by atoms with van der Waals surface area (Å²) in [5, 5.41) is 3.08. The summed E-state index contributed by atoms with van der Waals surface area (Å²) in [5.74, 6) is 0.390. The normalized spacial score (nSPS) is 10.8. The summed E-state index contributed by atoms with van der Waals surface area (Å²) in [7, 11) is 4.52. The van der Waals surface area contributed by atoms with Gasteiger partial charge in [-0.2, -0.15) is 0 Å². The molecule has 1 amide bonds. The van der Waals surface area contributed by atoms with Crippen LogP contribution in [0.25, 0.3) is 11.0 Å². The van der Waals surface area contributed by atoms with E-state index in [9.17, 15) is 14.4 Å². The zero-order valence-electron chi connectivity index (χ0n) is 15.4. The number of ether oxygens (including phenoxy) is 1. The van der Waals surface area contributed by atoms with E-state index < -0.39 is 11.2 Å². The molecule has 2 heterocycles. The number of aromatic nitrogens is 3. The number of amides is 1. The highest BCUT2D eigenvalue weighted by atomic mass is 16.5. The minimum atomic E-state index is -0.492. The quantitative estimate of drug-likeness (QED) is 0.712. The first-order valence-corrected chi connectivity index (χ1v) is 8.41. The molecular formula is C19H20N4O4. The second-order valence-corrected chi connectivity index (χ2v) is 6.09. The lowest BCUT2D eigenvalue weighted by atomic mass is 10.1. The van der Waals surface area contributed by atoms with Crippen LogP contribution >= 0.6 is 0 Å². The van der Waals surface area contributed by atoms with E-state index >= 15 is 0 Å². The van der Waals surface area contributed by atoms with Crippen molar-refractivity contribution in [3.63, 3.8) is 0 Å². The number of pyridine rings is 1. The number of nitrogens with one attached hydrogen (secondary N) is 1.